The molecule has 10 nitrogen and oxygen atoms in total. The number of primary amides is 1. The number of ether oxygens (including phenoxy) is 4. The number of benzene rings is 2. The molecule has 1 aromatic heterocycles. The van der Waals surface area contributed by atoms with E-state index in [1.807, 2.05) is 31.2 Å². The highest BCUT2D eigenvalue weighted by molar-refractivity contribution is 5.95. The first-order chi connectivity index (χ1) is 16.4. The van der Waals surface area contributed by atoms with Gasteiger partial charge in [0.05, 0.1) is 33.5 Å². The fourth-order valence-electron chi connectivity index (χ4n) is 4.03. The average molecular weight is 466 g/mol. The van der Waals surface area contributed by atoms with E-state index in [1.54, 1.807) is 23.7 Å². The van der Waals surface area contributed by atoms with Crippen molar-refractivity contribution in [1.82, 2.24) is 14.8 Å². The first kappa shape index (κ1) is 23.0. The zero-order chi connectivity index (χ0) is 24.4. The monoisotopic (exact) mass is 465 g/mol. The Morgan fingerprint density at radius 1 is 1.09 bits per heavy atom. The first-order valence-corrected chi connectivity index (χ1v) is 10.7. The number of carbonyl (C=O) groups is 1. The van der Waals surface area contributed by atoms with Gasteiger partial charge < -0.3 is 30.0 Å². The van der Waals surface area contributed by atoms with Gasteiger partial charge in [-0.3, -0.25) is 4.79 Å². The molecule has 0 bridgehead atoms. The third kappa shape index (κ3) is 3.98. The Balaban J connectivity index is 1.86. The van der Waals surface area contributed by atoms with Crippen LogP contribution in [0.1, 0.15) is 25.5 Å². The van der Waals surface area contributed by atoms with Crippen LogP contribution < -0.4 is 30.0 Å². The molecule has 4 rings (SSSR count). The van der Waals surface area contributed by atoms with Gasteiger partial charge >= 0.3 is 0 Å². The Morgan fingerprint density at radius 3 is 2.26 bits per heavy atom. The van der Waals surface area contributed by atoms with Crippen molar-refractivity contribution in [3.63, 3.8) is 0 Å². The van der Waals surface area contributed by atoms with Crippen LogP contribution in [0.5, 0.6) is 23.0 Å². The summed E-state index contributed by atoms with van der Waals surface area (Å²) in [6.45, 7) is 4.29. The smallest absolute Gasteiger partial charge is 0.248 e. The zero-order valence-electron chi connectivity index (χ0n) is 19.7. The second-order valence-electron chi connectivity index (χ2n) is 7.55. The molecule has 0 saturated carbocycles. The van der Waals surface area contributed by atoms with E-state index in [-0.39, 0.29) is 0 Å². The van der Waals surface area contributed by atoms with Crippen LogP contribution in [-0.2, 0) is 4.79 Å². The van der Waals surface area contributed by atoms with Gasteiger partial charge in [0.25, 0.3) is 0 Å². The van der Waals surface area contributed by atoms with Crippen molar-refractivity contribution in [2.24, 2.45) is 5.73 Å². The molecule has 0 fully saturated rings. The minimum atomic E-state index is -0.661. The number of amides is 1. The van der Waals surface area contributed by atoms with Crippen LogP contribution >= 0.6 is 0 Å². The SMILES string of the molecule is CCOc1ccc(-c2nc3n(n2)C(c2cc(OC)c(OC)c(OC)c2)C(C(N)=O)=C(C)N3)cc1. The van der Waals surface area contributed by atoms with Gasteiger partial charge in [-0.05, 0) is 55.8 Å². The van der Waals surface area contributed by atoms with Crippen molar-refractivity contribution in [2.45, 2.75) is 19.9 Å². The van der Waals surface area contributed by atoms with Gasteiger partial charge in [-0.2, -0.15) is 4.98 Å². The summed E-state index contributed by atoms with van der Waals surface area (Å²) in [5, 5.41) is 7.87. The van der Waals surface area contributed by atoms with Crippen LogP contribution in [0.4, 0.5) is 5.95 Å². The highest BCUT2D eigenvalue weighted by Gasteiger charge is 2.34. The lowest BCUT2D eigenvalue weighted by Gasteiger charge is -2.28. The summed E-state index contributed by atoms with van der Waals surface area (Å²) in [6.07, 6.45) is 0. The van der Waals surface area contributed by atoms with Crippen molar-refractivity contribution in [2.75, 3.05) is 33.3 Å². The number of rotatable bonds is 8. The summed E-state index contributed by atoms with van der Waals surface area (Å²) >= 11 is 0. The molecule has 1 amide bonds. The van der Waals surface area contributed by atoms with E-state index >= 15 is 0 Å². The summed E-state index contributed by atoms with van der Waals surface area (Å²) in [5.41, 5.74) is 8.22. The van der Waals surface area contributed by atoms with Crippen molar-refractivity contribution < 1.29 is 23.7 Å². The molecule has 0 aliphatic carbocycles. The second kappa shape index (κ2) is 9.34. The van der Waals surface area contributed by atoms with E-state index in [2.05, 4.69) is 10.3 Å². The van der Waals surface area contributed by atoms with Crippen LogP contribution in [0.25, 0.3) is 11.4 Å². The van der Waals surface area contributed by atoms with Crippen LogP contribution in [0.3, 0.4) is 0 Å². The number of carbonyl (C=O) groups excluding carboxylic acids is 1. The first-order valence-electron chi connectivity index (χ1n) is 10.7. The van der Waals surface area contributed by atoms with Gasteiger partial charge in [0.1, 0.15) is 11.8 Å². The van der Waals surface area contributed by atoms with Gasteiger partial charge in [-0.15, -0.1) is 5.10 Å². The molecule has 0 spiro atoms. The number of nitrogens with two attached hydrogens (primary N) is 1. The van der Waals surface area contributed by atoms with Crippen molar-refractivity contribution >= 4 is 11.9 Å². The van der Waals surface area contributed by atoms with E-state index in [0.29, 0.717) is 52.5 Å². The maximum absolute atomic E-state index is 12.5. The van der Waals surface area contributed by atoms with Gasteiger partial charge in [0, 0.05) is 11.3 Å². The third-order valence-electron chi connectivity index (χ3n) is 5.54. The molecule has 34 heavy (non-hydrogen) atoms. The molecule has 2 aromatic carbocycles. The molecule has 0 radical (unpaired) electrons. The van der Waals surface area contributed by atoms with Crippen molar-refractivity contribution in [3.8, 4) is 34.4 Å². The largest absolute Gasteiger partial charge is 0.494 e. The molecule has 2 heterocycles. The second-order valence-corrected chi connectivity index (χ2v) is 7.55. The predicted molar refractivity (Wildman–Crippen MR) is 126 cm³/mol. The normalized spacial score (nSPS) is 14.8. The maximum Gasteiger partial charge on any atom is 0.248 e. The lowest BCUT2D eigenvalue weighted by molar-refractivity contribution is -0.115. The summed E-state index contributed by atoms with van der Waals surface area (Å²) < 4.78 is 23.6. The number of nitrogens with one attached hydrogen (secondary N) is 1. The molecular weight excluding hydrogens is 438 g/mol. The number of aromatic nitrogens is 3. The molecule has 10 heteroatoms. The van der Waals surface area contributed by atoms with Crippen molar-refractivity contribution in [1.29, 1.82) is 0 Å². The number of methoxy groups -OCH3 is 3. The number of fused-ring (bicyclic) bond motifs is 1. The maximum atomic E-state index is 12.5. The van der Waals surface area contributed by atoms with Gasteiger partial charge in [-0.25, -0.2) is 4.68 Å². The van der Waals surface area contributed by atoms with Crippen molar-refractivity contribution in [3.05, 3.63) is 53.2 Å². The number of hydrogen-bond acceptors (Lipinski definition) is 8. The molecule has 1 aliphatic rings. The molecule has 1 aliphatic heterocycles. The summed E-state index contributed by atoms with van der Waals surface area (Å²) in [5.74, 6) is 2.49. The minimum absolute atomic E-state index is 0.352. The Kier molecular flexibility index (Phi) is 6.31. The molecule has 178 valence electrons. The van der Waals surface area contributed by atoms with Gasteiger partial charge in [0.15, 0.2) is 17.3 Å². The fraction of sp³-hybridized carbons (Fsp3) is 0.292. The lowest BCUT2D eigenvalue weighted by Crippen LogP contribution is -2.31. The van der Waals surface area contributed by atoms with Gasteiger partial charge in [-0.1, -0.05) is 0 Å². The van der Waals surface area contributed by atoms with E-state index in [9.17, 15) is 4.79 Å². The number of anilines is 1. The van der Waals surface area contributed by atoms with Crippen LogP contribution in [0.2, 0.25) is 0 Å². The Bertz CT molecular complexity index is 1220. The quantitative estimate of drug-likeness (QED) is 0.520. The number of nitrogens with zero attached hydrogens (tertiary/aromatic N) is 3. The van der Waals surface area contributed by atoms with E-state index in [1.165, 1.54) is 21.3 Å². The molecule has 0 saturated heterocycles. The lowest BCUT2D eigenvalue weighted by atomic mass is 9.94. The highest BCUT2D eigenvalue weighted by atomic mass is 16.5. The fourth-order valence-corrected chi connectivity index (χ4v) is 4.03. The van der Waals surface area contributed by atoms with E-state index in [4.69, 9.17) is 29.8 Å². The highest BCUT2D eigenvalue weighted by Crippen LogP contribution is 2.44. The summed E-state index contributed by atoms with van der Waals surface area (Å²) in [7, 11) is 4.59. The standard InChI is InChI=1S/C24H27N5O5/c1-6-34-16-9-7-14(8-10-16)23-27-24-26-13(2)19(22(25)30)20(29(24)28-23)15-11-17(31-3)21(33-5)18(12-15)32-4/h7-12,20H,6H2,1-5H3,(H2,25,30)(H,26,27,28). The number of hydrogen-bond donors (Lipinski definition) is 2. The zero-order valence-corrected chi connectivity index (χ0v) is 19.7. The van der Waals surface area contributed by atoms with Crippen LogP contribution in [0, 0.1) is 0 Å². The summed E-state index contributed by atoms with van der Waals surface area (Å²) in [6, 6.07) is 10.4. The minimum Gasteiger partial charge on any atom is -0.494 e. The van der Waals surface area contributed by atoms with E-state index in [0.717, 1.165) is 11.3 Å². The molecule has 3 aromatic rings. The Hall–Kier alpha value is -4.21. The topological polar surface area (TPSA) is 123 Å². The van der Waals surface area contributed by atoms with Gasteiger partial charge in [0.2, 0.25) is 17.6 Å². The average Bonchev–Trinajstić information content (AvgIpc) is 3.26. The molecule has 1 unspecified atom stereocenters. The third-order valence-corrected chi connectivity index (χ3v) is 5.54. The summed E-state index contributed by atoms with van der Waals surface area (Å²) in [4.78, 5) is 17.2. The molecule has 3 N–H and O–H groups in total. The Labute approximate surface area is 197 Å². The molecular formula is C24H27N5O5. The van der Waals surface area contributed by atoms with Crippen LogP contribution in [-0.4, -0.2) is 48.6 Å². The number of allylic oxidation sites excluding steroid dienone is 1. The molecule has 1 atom stereocenters. The van der Waals surface area contributed by atoms with Crippen LogP contribution in [0.15, 0.2) is 47.7 Å². The Morgan fingerprint density at radius 2 is 1.74 bits per heavy atom. The predicted octanol–water partition coefficient (Wildman–Crippen LogP) is 3.14. The van der Waals surface area contributed by atoms with E-state index < -0.39 is 11.9 Å².